The van der Waals surface area contributed by atoms with Crippen LogP contribution in [0.2, 0.25) is 0 Å². The second-order valence-corrected chi connectivity index (χ2v) is 7.02. The molecule has 1 fully saturated rings. The van der Waals surface area contributed by atoms with Gasteiger partial charge in [-0.25, -0.2) is 0 Å². The number of ether oxygens (including phenoxy) is 2. The van der Waals surface area contributed by atoms with E-state index in [4.69, 9.17) is 9.47 Å². The molecular weight excluding hydrogens is 284 g/mol. The van der Waals surface area contributed by atoms with Crippen LogP contribution in [0.15, 0.2) is 36.4 Å². The summed E-state index contributed by atoms with van der Waals surface area (Å²) in [4.78, 5) is 0. The normalized spacial score (nSPS) is 31.7. The van der Waals surface area contributed by atoms with Gasteiger partial charge in [0.05, 0.1) is 6.61 Å². The summed E-state index contributed by atoms with van der Waals surface area (Å²) in [6, 6.07) is 10.9. The fraction of sp³-hybridized carbons (Fsp3) is 0.619. The van der Waals surface area contributed by atoms with Crippen molar-refractivity contribution in [3.05, 3.63) is 42.0 Å². The highest BCUT2D eigenvalue weighted by Gasteiger charge is 2.32. The van der Waals surface area contributed by atoms with E-state index in [0.29, 0.717) is 17.8 Å². The van der Waals surface area contributed by atoms with E-state index in [1.807, 2.05) is 0 Å². The number of rotatable bonds is 5. The van der Waals surface area contributed by atoms with Crippen molar-refractivity contribution in [1.82, 2.24) is 0 Å². The molecule has 2 aliphatic rings. The van der Waals surface area contributed by atoms with E-state index in [9.17, 15) is 0 Å². The molecule has 0 aromatic heterocycles. The van der Waals surface area contributed by atoms with Crippen LogP contribution in [-0.2, 0) is 9.47 Å². The molecule has 1 saturated heterocycles. The summed E-state index contributed by atoms with van der Waals surface area (Å²) in [6.45, 7) is 6.41. The van der Waals surface area contributed by atoms with Gasteiger partial charge in [0.2, 0.25) is 0 Å². The minimum Gasteiger partial charge on any atom is -0.353 e. The van der Waals surface area contributed by atoms with E-state index < -0.39 is 0 Å². The maximum atomic E-state index is 6.08. The minimum atomic E-state index is 0.0375. The third kappa shape index (κ3) is 4.05. The first-order valence-corrected chi connectivity index (χ1v) is 9.28. The van der Waals surface area contributed by atoms with Crippen LogP contribution in [0.5, 0.6) is 0 Å². The lowest BCUT2D eigenvalue weighted by Crippen LogP contribution is -2.31. The summed E-state index contributed by atoms with van der Waals surface area (Å²) in [5, 5.41) is 0. The van der Waals surface area contributed by atoms with Crippen molar-refractivity contribution in [1.29, 1.82) is 0 Å². The smallest absolute Gasteiger partial charge is 0.157 e. The molecule has 1 heterocycles. The molecule has 0 amide bonds. The molecule has 1 aromatic rings. The van der Waals surface area contributed by atoms with Crippen LogP contribution < -0.4 is 0 Å². The summed E-state index contributed by atoms with van der Waals surface area (Å²) in [7, 11) is 0. The quantitative estimate of drug-likeness (QED) is 0.734. The first-order valence-electron chi connectivity index (χ1n) is 9.28. The van der Waals surface area contributed by atoms with Gasteiger partial charge in [-0.15, -0.1) is 0 Å². The zero-order valence-electron chi connectivity index (χ0n) is 14.5. The van der Waals surface area contributed by atoms with Gasteiger partial charge in [0.25, 0.3) is 0 Å². The average Bonchev–Trinajstić information content (AvgIpc) is 2.62. The van der Waals surface area contributed by atoms with Crippen LogP contribution in [-0.4, -0.2) is 19.5 Å². The van der Waals surface area contributed by atoms with Gasteiger partial charge in [-0.3, -0.25) is 0 Å². The van der Waals surface area contributed by atoms with Crippen LogP contribution in [0.3, 0.4) is 0 Å². The van der Waals surface area contributed by atoms with E-state index >= 15 is 0 Å². The molecule has 0 N–H and O–H groups in total. The summed E-state index contributed by atoms with van der Waals surface area (Å²) < 4.78 is 11.8. The first-order chi connectivity index (χ1) is 11.3. The third-order valence-electron chi connectivity index (χ3n) is 5.60. The molecular formula is C21H30O2. The number of benzene rings is 1. The summed E-state index contributed by atoms with van der Waals surface area (Å²) in [5.41, 5.74) is 2.92. The molecule has 0 spiro atoms. The van der Waals surface area contributed by atoms with Gasteiger partial charge >= 0.3 is 0 Å². The zero-order valence-corrected chi connectivity index (χ0v) is 14.5. The monoisotopic (exact) mass is 314 g/mol. The van der Waals surface area contributed by atoms with Crippen LogP contribution in [0.25, 0.3) is 5.57 Å². The summed E-state index contributed by atoms with van der Waals surface area (Å²) in [6.07, 6.45) is 8.28. The van der Waals surface area contributed by atoms with Crippen molar-refractivity contribution in [3.63, 3.8) is 0 Å². The topological polar surface area (TPSA) is 18.5 Å². The van der Waals surface area contributed by atoms with Crippen molar-refractivity contribution in [2.75, 3.05) is 13.2 Å². The van der Waals surface area contributed by atoms with Crippen molar-refractivity contribution in [3.8, 4) is 0 Å². The number of hydrogen-bond donors (Lipinski definition) is 0. The molecule has 126 valence electrons. The predicted octanol–water partition coefficient (Wildman–Crippen LogP) is 5.30. The van der Waals surface area contributed by atoms with E-state index in [1.165, 1.54) is 30.4 Å². The van der Waals surface area contributed by atoms with Gasteiger partial charge < -0.3 is 9.47 Å². The van der Waals surface area contributed by atoms with E-state index in [2.05, 4.69) is 50.3 Å². The van der Waals surface area contributed by atoms with Gasteiger partial charge in [0.15, 0.2) is 6.29 Å². The Balaban J connectivity index is 1.64. The lowest BCUT2D eigenvalue weighted by Gasteiger charge is -2.37. The second-order valence-electron chi connectivity index (χ2n) is 7.02. The Bertz CT molecular complexity index is 502. The average molecular weight is 314 g/mol. The molecule has 23 heavy (non-hydrogen) atoms. The molecule has 1 aliphatic carbocycles. The molecule has 0 bridgehead atoms. The van der Waals surface area contributed by atoms with Crippen LogP contribution in [0, 0.1) is 17.8 Å². The standard InChI is InChI=1S/C21H30O2/c1-3-19-16(2)18(15-23-21-11-7-8-14-22-21)12-13-20(19)17-9-5-4-6-10-17/h4-6,9-10,13,16,18-19,21H,3,7-8,11-12,14-15H2,1-2H3. The Morgan fingerprint density at radius 3 is 2.70 bits per heavy atom. The molecule has 2 nitrogen and oxygen atoms in total. The Kier molecular flexibility index (Phi) is 5.91. The maximum Gasteiger partial charge on any atom is 0.157 e. The molecule has 0 saturated carbocycles. The molecule has 4 unspecified atom stereocenters. The lowest BCUT2D eigenvalue weighted by atomic mass is 9.70. The van der Waals surface area contributed by atoms with E-state index in [1.54, 1.807) is 0 Å². The van der Waals surface area contributed by atoms with Crippen LogP contribution >= 0.6 is 0 Å². The Labute approximate surface area is 140 Å². The van der Waals surface area contributed by atoms with Gasteiger partial charge in [-0.05, 0) is 61.0 Å². The molecule has 3 rings (SSSR count). The summed E-state index contributed by atoms with van der Waals surface area (Å²) >= 11 is 0. The number of allylic oxidation sites excluding steroid dienone is 2. The predicted molar refractivity (Wildman–Crippen MR) is 95.0 cm³/mol. The lowest BCUT2D eigenvalue weighted by molar-refractivity contribution is -0.172. The SMILES string of the molecule is CCC1C(c2ccccc2)=CCC(COC2CCCCO2)C1C. The van der Waals surface area contributed by atoms with Crippen LogP contribution in [0.4, 0.5) is 0 Å². The highest BCUT2D eigenvalue weighted by molar-refractivity contribution is 5.68. The van der Waals surface area contributed by atoms with E-state index in [0.717, 1.165) is 26.1 Å². The molecule has 1 aromatic carbocycles. The zero-order chi connectivity index (χ0) is 16.1. The largest absolute Gasteiger partial charge is 0.353 e. The third-order valence-corrected chi connectivity index (χ3v) is 5.60. The van der Waals surface area contributed by atoms with Gasteiger partial charge in [-0.2, -0.15) is 0 Å². The highest BCUT2D eigenvalue weighted by atomic mass is 16.7. The van der Waals surface area contributed by atoms with Crippen molar-refractivity contribution >= 4 is 5.57 Å². The summed E-state index contributed by atoms with van der Waals surface area (Å²) in [5.74, 6) is 1.90. The van der Waals surface area contributed by atoms with Crippen molar-refractivity contribution in [2.24, 2.45) is 17.8 Å². The van der Waals surface area contributed by atoms with Crippen molar-refractivity contribution in [2.45, 2.75) is 52.2 Å². The minimum absolute atomic E-state index is 0.0375. The fourth-order valence-corrected chi connectivity index (χ4v) is 4.10. The molecule has 0 radical (unpaired) electrons. The van der Waals surface area contributed by atoms with Gasteiger partial charge in [0, 0.05) is 6.61 Å². The Hall–Kier alpha value is -1.12. The van der Waals surface area contributed by atoms with Gasteiger partial charge in [0.1, 0.15) is 0 Å². The maximum absolute atomic E-state index is 6.08. The Morgan fingerprint density at radius 1 is 1.17 bits per heavy atom. The highest BCUT2D eigenvalue weighted by Crippen LogP contribution is 2.41. The van der Waals surface area contributed by atoms with Gasteiger partial charge in [-0.1, -0.05) is 50.3 Å². The Morgan fingerprint density at radius 2 is 2.00 bits per heavy atom. The molecule has 4 atom stereocenters. The number of hydrogen-bond acceptors (Lipinski definition) is 2. The molecule has 2 heteroatoms. The van der Waals surface area contributed by atoms with Crippen LogP contribution in [0.1, 0.15) is 51.5 Å². The second kappa shape index (κ2) is 8.12. The fourth-order valence-electron chi connectivity index (χ4n) is 4.10. The molecule has 1 aliphatic heterocycles. The van der Waals surface area contributed by atoms with Crippen molar-refractivity contribution < 1.29 is 9.47 Å². The first kappa shape index (κ1) is 16.7. The van der Waals surface area contributed by atoms with E-state index in [-0.39, 0.29) is 6.29 Å².